The molecule has 1 rings (SSSR count). The van der Waals surface area contributed by atoms with Gasteiger partial charge in [0.1, 0.15) is 0 Å². The highest BCUT2D eigenvalue weighted by Crippen LogP contribution is 2.50. The second kappa shape index (κ2) is 5.70. The largest absolute Gasteiger partial charge is 0.371 e. The molecule has 0 N–H and O–H groups in total. The first-order valence-corrected chi connectivity index (χ1v) is 6.34. The summed E-state index contributed by atoms with van der Waals surface area (Å²) in [4.78, 5) is 0. The number of rotatable bonds is 0. The maximum atomic E-state index is 13.2. The fourth-order valence-corrected chi connectivity index (χ4v) is 2.16. The Morgan fingerprint density at radius 3 is 1.06 bits per heavy atom. The van der Waals surface area contributed by atoms with E-state index in [9.17, 15) is 26.3 Å². The molecular formula is C12H18F6. The topological polar surface area (TPSA) is 0 Å². The molecule has 0 aromatic heterocycles. The molecule has 0 bridgehead atoms. The molecule has 0 nitrogen and oxygen atoms in total. The van der Waals surface area contributed by atoms with Crippen LogP contribution in [0.15, 0.2) is 0 Å². The minimum Gasteiger partial charge on any atom is -0.200 e. The predicted octanol–water partition coefficient (Wildman–Crippen LogP) is 5.42. The van der Waals surface area contributed by atoms with E-state index in [1.165, 1.54) is 0 Å². The van der Waals surface area contributed by atoms with Crippen molar-refractivity contribution in [1.82, 2.24) is 0 Å². The molecule has 0 spiro atoms. The molecule has 18 heavy (non-hydrogen) atoms. The van der Waals surface area contributed by atoms with Gasteiger partial charge in [-0.1, -0.05) is 32.1 Å². The van der Waals surface area contributed by atoms with Crippen LogP contribution in [0.4, 0.5) is 26.3 Å². The molecule has 0 atom stereocenters. The number of alkyl halides is 6. The van der Waals surface area contributed by atoms with Crippen LogP contribution in [0.1, 0.15) is 57.8 Å². The molecule has 0 saturated heterocycles. The minimum atomic E-state index is -5.25. The molecule has 1 aliphatic rings. The van der Waals surface area contributed by atoms with Crippen molar-refractivity contribution in [2.24, 2.45) is 0 Å². The van der Waals surface area contributed by atoms with Crippen molar-refractivity contribution in [3.8, 4) is 0 Å². The Kier molecular flexibility index (Phi) is 4.95. The molecule has 108 valence electrons. The van der Waals surface area contributed by atoms with Crippen LogP contribution in [-0.4, -0.2) is 17.8 Å². The van der Waals surface area contributed by atoms with Crippen LogP contribution >= 0.6 is 0 Å². The quantitative estimate of drug-likeness (QED) is 0.518. The highest BCUT2D eigenvalue weighted by Gasteiger charge is 2.70. The van der Waals surface area contributed by atoms with Crippen LogP contribution < -0.4 is 0 Å². The molecule has 0 aliphatic heterocycles. The van der Waals surface area contributed by atoms with Crippen LogP contribution in [-0.2, 0) is 0 Å². The lowest BCUT2D eigenvalue weighted by molar-refractivity contribution is -0.312. The average Bonchev–Trinajstić information content (AvgIpc) is 2.25. The Morgan fingerprint density at radius 1 is 0.444 bits per heavy atom. The third kappa shape index (κ3) is 3.32. The lowest BCUT2D eigenvalue weighted by atomic mass is 9.93. The van der Waals surface area contributed by atoms with E-state index in [1.807, 2.05) is 0 Å². The van der Waals surface area contributed by atoms with Gasteiger partial charge >= 0.3 is 17.8 Å². The summed E-state index contributed by atoms with van der Waals surface area (Å²) in [5.41, 5.74) is 0. The summed E-state index contributed by atoms with van der Waals surface area (Å²) < 4.78 is 79.4. The maximum Gasteiger partial charge on any atom is 0.371 e. The summed E-state index contributed by atoms with van der Waals surface area (Å²) in [7, 11) is 0. The Hall–Kier alpha value is -0.420. The van der Waals surface area contributed by atoms with E-state index in [1.54, 1.807) is 0 Å². The fraction of sp³-hybridized carbons (Fsp3) is 1.00. The lowest BCUT2D eigenvalue weighted by Crippen LogP contribution is -2.54. The lowest BCUT2D eigenvalue weighted by Gasteiger charge is -2.33. The first kappa shape index (κ1) is 15.6. The smallest absolute Gasteiger partial charge is 0.200 e. The van der Waals surface area contributed by atoms with Gasteiger partial charge in [0, 0.05) is 12.8 Å². The second-order valence-electron chi connectivity index (χ2n) is 4.96. The highest BCUT2D eigenvalue weighted by atomic mass is 19.3. The molecule has 0 aromatic rings. The van der Waals surface area contributed by atoms with Crippen LogP contribution in [0.5, 0.6) is 0 Å². The molecule has 1 fully saturated rings. The Bertz CT molecular complexity index is 237. The highest BCUT2D eigenvalue weighted by molar-refractivity contribution is 4.96. The minimum absolute atomic E-state index is 0.140. The molecule has 1 aliphatic carbocycles. The summed E-state index contributed by atoms with van der Waals surface area (Å²) in [5, 5.41) is 0. The van der Waals surface area contributed by atoms with Crippen molar-refractivity contribution in [3.63, 3.8) is 0 Å². The molecular weight excluding hydrogens is 258 g/mol. The average molecular weight is 276 g/mol. The summed E-state index contributed by atoms with van der Waals surface area (Å²) in [6.07, 6.45) is 0.320. The van der Waals surface area contributed by atoms with Crippen molar-refractivity contribution in [2.45, 2.75) is 75.6 Å². The van der Waals surface area contributed by atoms with E-state index >= 15 is 0 Å². The van der Waals surface area contributed by atoms with Crippen LogP contribution in [0, 0.1) is 0 Å². The van der Waals surface area contributed by atoms with E-state index in [2.05, 4.69) is 0 Å². The van der Waals surface area contributed by atoms with E-state index in [-0.39, 0.29) is 12.8 Å². The Morgan fingerprint density at radius 2 is 0.722 bits per heavy atom. The van der Waals surface area contributed by atoms with Gasteiger partial charge in [-0.3, -0.25) is 0 Å². The standard InChI is InChI=1S/C12H18F6/c13-10(14)8-6-4-2-1-3-5-7-9-11(15,16)12(10,17)18/h1-9H2. The summed E-state index contributed by atoms with van der Waals surface area (Å²) in [6.45, 7) is 0. The van der Waals surface area contributed by atoms with Crippen LogP contribution in [0.2, 0.25) is 0 Å². The summed E-state index contributed by atoms with van der Waals surface area (Å²) >= 11 is 0. The van der Waals surface area contributed by atoms with Crippen molar-refractivity contribution in [2.75, 3.05) is 0 Å². The second-order valence-corrected chi connectivity index (χ2v) is 4.96. The third-order valence-corrected chi connectivity index (χ3v) is 3.40. The zero-order valence-electron chi connectivity index (χ0n) is 10.1. The summed E-state index contributed by atoms with van der Waals surface area (Å²) in [5.74, 6) is -14.5. The summed E-state index contributed by atoms with van der Waals surface area (Å²) in [6, 6.07) is 0. The van der Waals surface area contributed by atoms with Crippen molar-refractivity contribution < 1.29 is 26.3 Å². The third-order valence-electron chi connectivity index (χ3n) is 3.40. The molecule has 0 radical (unpaired) electrons. The predicted molar refractivity (Wildman–Crippen MR) is 56.4 cm³/mol. The first-order valence-electron chi connectivity index (χ1n) is 6.34. The van der Waals surface area contributed by atoms with E-state index in [0.717, 1.165) is 6.42 Å². The fourth-order valence-electron chi connectivity index (χ4n) is 2.16. The zero-order chi connectivity index (χ0) is 13.9. The zero-order valence-corrected chi connectivity index (χ0v) is 10.1. The number of halogens is 6. The van der Waals surface area contributed by atoms with Gasteiger partial charge in [0.25, 0.3) is 0 Å². The van der Waals surface area contributed by atoms with Gasteiger partial charge in [-0.25, -0.2) is 0 Å². The molecule has 1 saturated carbocycles. The number of hydrogen-bond acceptors (Lipinski definition) is 0. The van der Waals surface area contributed by atoms with E-state index < -0.39 is 30.6 Å². The molecule has 0 amide bonds. The normalized spacial score (nSPS) is 29.0. The van der Waals surface area contributed by atoms with Crippen LogP contribution in [0.3, 0.4) is 0 Å². The molecule has 0 aromatic carbocycles. The van der Waals surface area contributed by atoms with Gasteiger partial charge < -0.3 is 0 Å². The van der Waals surface area contributed by atoms with E-state index in [4.69, 9.17) is 0 Å². The van der Waals surface area contributed by atoms with Crippen LogP contribution in [0.25, 0.3) is 0 Å². The monoisotopic (exact) mass is 276 g/mol. The molecule has 6 heteroatoms. The van der Waals surface area contributed by atoms with Gasteiger partial charge in [0.15, 0.2) is 0 Å². The van der Waals surface area contributed by atoms with Gasteiger partial charge in [-0.05, 0) is 12.8 Å². The number of hydrogen-bond donors (Lipinski definition) is 0. The molecule has 0 heterocycles. The Balaban J connectivity index is 2.83. The van der Waals surface area contributed by atoms with Gasteiger partial charge in [0.05, 0.1) is 0 Å². The molecule has 0 unspecified atom stereocenters. The first-order chi connectivity index (χ1) is 8.21. The van der Waals surface area contributed by atoms with Gasteiger partial charge in [-0.2, -0.15) is 26.3 Å². The van der Waals surface area contributed by atoms with Crippen molar-refractivity contribution in [3.05, 3.63) is 0 Å². The van der Waals surface area contributed by atoms with Gasteiger partial charge in [0.2, 0.25) is 0 Å². The van der Waals surface area contributed by atoms with Crippen molar-refractivity contribution in [1.29, 1.82) is 0 Å². The maximum absolute atomic E-state index is 13.2. The SMILES string of the molecule is FC1(F)CCCCCCCCCC(F)(F)C1(F)F. The van der Waals surface area contributed by atoms with Crippen molar-refractivity contribution >= 4 is 0 Å². The Labute approximate surface area is 103 Å². The van der Waals surface area contributed by atoms with E-state index in [0.29, 0.717) is 25.7 Å². The van der Waals surface area contributed by atoms with Gasteiger partial charge in [-0.15, -0.1) is 0 Å².